The summed E-state index contributed by atoms with van der Waals surface area (Å²) in [4.78, 5) is 20.4. The quantitative estimate of drug-likeness (QED) is 0.197. The van der Waals surface area contributed by atoms with E-state index >= 15 is 0 Å². The number of ether oxygens (including phenoxy) is 4. The van der Waals surface area contributed by atoms with Crippen molar-refractivity contribution in [1.29, 1.82) is 0 Å². The van der Waals surface area contributed by atoms with Gasteiger partial charge < -0.3 is 75.6 Å². The number of aliphatic hydroxyl groups excluding tert-OH is 4. The molecule has 0 aromatic carbocycles. The van der Waals surface area contributed by atoms with E-state index in [9.17, 15) is 30.0 Å². The van der Waals surface area contributed by atoms with Gasteiger partial charge in [-0.15, -0.1) is 0 Å². The van der Waals surface area contributed by atoms with E-state index in [1.165, 1.54) is 6.42 Å². The summed E-state index contributed by atoms with van der Waals surface area (Å²) in [5.74, 6) is -0.648. The fourth-order valence-corrected chi connectivity index (χ4v) is 4.52. The number of carboxylic acid groups (broad SMARTS) is 2. The van der Waals surface area contributed by atoms with Crippen molar-refractivity contribution in [1.82, 2.24) is 0 Å². The minimum absolute atomic E-state index is 0. The minimum atomic E-state index is -1.49. The molecule has 46 heavy (non-hydrogen) atoms. The van der Waals surface area contributed by atoms with E-state index in [0.29, 0.717) is 18.6 Å². The molecule has 0 aromatic heterocycles. The first-order valence-electron chi connectivity index (χ1n) is 14.4. The van der Waals surface area contributed by atoms with Gasteiger partial charge in [0.2, 0.25) is 0 Å². The predicted molar refractivity (Wildman–Crippen MR) is 154 cm³/mol. The molecule has 4 heterocycles. The Kier molecular flexibility index (Phi) is 33.6. The van der Waals surface area contributed by atoms with Crippen LogP contribution in [-0.2, 0) is 28.5 Å². The van der Waals surface area contributed by atoms with Crippen molar-refractivity contribution < 1.29 is 135 Å². The van der Waals surface area contributed by atoms with E-state index in [4.69, 9.17) is 24.4 Å². The second-order valence-electron chi connectivity index (χ2n) is 11.9. The third-order valence-corrected chi connectivity index (χ3v) is 8.00. The molecule has 0 saturated carbocycles. The molecule has 264 valence electrons. The summed E-state index contributed by atoms with van der Waals surface area (Å²) in [5.41, 5.74) is 0. The molecule has 0 aromatic rings. The normalized spacial score (nSPS) is 36.0. The minimum Gasteiger partial charge on any atom is -0.547 e. The number of aliphatic hydroxyl groups is 4. The van der Waals surface area contributed by atoms with Gasteiger partial charge in [0.25, 0.3) is 0 Å². The average Bonchev–Trinajstić information content (AvgIpc) is 2.89. The SMILES string of the molecule is CC1COC(C(=O)[O-])C[C@H]1O.CC1C[C@@H](C)C(C)C(O)O1.CC1C[C@@H](C)C(C)CO1.O.O.O.O=C([O-])C1=C[C@@H](O)C(O)CO1.[Na+].[Na+]. The van der Waals surface area contributed by atoms with Gasteiger partial charge in [-0.1, -0.05) is 34.6 Å². The van der Waals surface area contributed by atoms with E-state index < -0.39 is 48.4 Å². The molecule has 17 heteroatoms. The third kappa shape index (κ3) is 20.6. The van der Waals surface area contributed by atoms with Crippen LogP contribution in [0.15, 0.2) is 11.8 Å². The number of carbonyl (C=O) groups is 2. The van der Waals surface area contributed by atoms with Gasteiger partial charge in [-0.25, -0.2) is 0 Å². The Hall–Kier alpha value is 0.0800. The van der Waals surface area contributed by atoms with Gasteiger partial charge in [0.05, 0.1) is 37.0 Å². The number of rotatable bonds is 2. The molecule has 0 amide bonds. The second-order valence-corrected chi connectivity index (χ2v) is 11.9. The van der Waals surface area contributed by atoms with Crippen molar-refractivity contribution in [3.63, 3.8) is 0 Å². The summed E-state index contributed by atoms with van der Waals surface area (Å²) < 4.78 is 20.1. The van der Waals surface area contributed by atoms with Gasteiger partial charge >= 0.3 is 59.1 Å². The maximum Gasteiger partial charge on any atom is 1.00 e. The van der Waals surface area contributed by atoms with Crippen LogP contribution in [0.3, 0.4) is 0 Å². The first kappa shape index (κ1) is 55.5. The number of hydrogen-bond acceptors (Lipinski definition) is 12. The number of aliphatic carboxylic acids is 2. The predicted octanol–water partition coefficient (Wildman–Crippen LogP) is -9.12. The second kappa shape index (κ2) is 27.9. The Morgan fingerprint density at radius 3 is 1.63 bits per heavy atom. The van der Waals surface area contributed by atoms with E-state index in [1.54, 1.807) is 0 Å². The van der Waals surface area contributed by atoms with Gasteiger partial charge in [0.15, 0.2) is 6.29 Å². The molecule has 0 radical (unpaired) electrons. The molecule has 0 bridgehead atoms. The van der Waals surface area contributed by atoms with Crippen molar-refractivity contribution in [2.24, 2.45) is 29.6 Å². The van der Waals surface area contributed by atoms with Gasteiger partial charge in [-0.05, 0) is 50.5 Å². The Morgan fingerprint density at radius 2 is 1.22 bits per heavy atom. The van der Waals surface area contributed by atoms with Crippen molar-refractivity contribution in [3.05, 3.63) is 11.8 Å². The van der Waals surface area contributed by atoms with E-state index in [1.807, 2.05) is 20.8 Å². The molecule has 3 saturated heterocycles. The van der Waals surface area contributed by atoms with Crippen molar-refractivity contribution in [2.75, 3.05) is 19.8 Å². The molecule has 0 spiro atoms. The molecule has 10 N–H and O–H groups in total. The first-order valence-corrected chi connectivity index (χ1v) is 14.4. The molecule has 8 unspecified atom stereocenters. The Balaban J connectivity index is -0.000000157. The molecule has 0 aliphatic carbocycles. The number of carbonyl (C=O) groups excluding carboxylic acids is 2. The van der Waals surface area contributed by atoms with Crippen LogP contribution in [0.1, 0.15) is 67.7 Å². The molecule has 4 rings (SSSR count). The molecule has 3 fully saturated rings. The Bertz CT molecular complexity index is 824. The van der Waals surface area contributed by atoms with Crippen LogP contribution in [0.2, 0.25) is 0 Å². The van der Waals surface area contributed by atoms with Crippen LogP contribution < -0.4 is 69.3 Å². The molecular weight excluding hydrogens is 634 g/mol. The number of hydrogen-bond donors (Lipinski definition) is 4. The van der Waals surface area contributed by atoms with Crippen LogP contribution in [-0.4, -0.2) is 112 Å². The molecule has 4 aliphatic rings. The van der Waals surface area contributed by atoms with Crippen LogP contribution in [0.25, 0.3) is 0 Å². The fourth-order valence-electron chi connectivity index (χ4n) is 4.52. The molecule has 4 aliphatic heterocycles. The summed E-state index contributed by atoms with van der Waals surface area (Å²) in [5, 5.41) is 56.6. The fraction of sp³-hybridized carbons (Fsp3) is 0.862. The number of carboxylic acids is 2. The van der Waals surface area contributed by atoms with Crippen LogP contribution >= 0.6 is 0 Å². The standard InChI is InChI=1S/C8H16O2.C8H16O.C7H12O4.C6H8O5.2Na.3H2O/c1-5-4-6(2)10-8(9)7(5)3;1-6-4-8(3)9-5-7(6)2;1-4-3-11-6(7(9)10)2-5(4)8;7-3-1-5(6(9)10)11-2-4(3)8;;;;;/h5-9H,4H2,1-3H3;6-8H,4-5H2,1-3H3;4-6,8H,2-3H2,1H3,(H,9,10);1,3-4,7-8H,2H2,(H,9,10);;;3*1H2/q;;;;2*+1;;;/p-2/t5-,6?,7?,8?;6-,7?,8?;4?,5-,6?;3-,4?;;;;;/m1111...../s1. The van der Waals surface area contributed by atoms with Crippen LogP contribution in [0, 0.1) is 29.6 Å². The molecular formula is C29H56Na2O15. The van der Waals surface area contributed by atoms with E-state index in [2.05, 4.69) is 32.4 Å². The van der Waals surface area contributed by atoms with Crippen molar-refractivity contribution in [3.8, 4) is 0 Å². The van der Waals surface area contributed by atoms with Gasteiger partial charge in [0, 0.05) is 24.9 Å². The van der Waals surface area contributed by atoms with E-state index in [-0.39, 0.29) is 107 Å². The van der Waals surface area contributed by atoms with Crippen LogP contribution in [0.4, 0.5) is 0 Å². The average molecular weight is 691 g/mol. The van der Waals surface area contributed by atoms with Crippen LogP contribution in [0.5, 0.6) is 0 Å². The topological polar surface area (TPSA) is 293 Å². The zero-order chi connectivity index (χ0) is 31.4. The summed E-state index contributed by atoms with van der Waals surface area (Å²) in [6.07, 6.45) is -0.217. The van der Waals surface area contributed by atoms with Crippen molar-refractivity contribution >= 4 is 11.9 Å². The summed E-state index contributed by atoms with van der Waals surface area (Å²) in [6.45, 7) is 15.8. The zero-order valence-electron chi connectivity index (χ0n) is 28.8. The Labute approximate surface area is 316 Å². The van der Waals surface area contributed by atoms with E-state index in [0.717, 1.165) is 30.9 Å². The van der Waals surface area contributed by atoms with Gasteiger partial charge in [-0.3, -0.25) is 0 Å². The van der Waals surface area contributed by atoms with Crippen molar-refractivity contribution in [2.45, 2.75) is 111 Å². The first-order chi connectivity index (χ1) is 19.0. The maximum atomic E-state index is 10.3. The monoisotopic (exact) mass is 690 g/mol. The van der Waals surface area contributed by atoms with Gasteiger partial charge in [0.1, 0.15) is 30.5 Å². The summed E-state index contributed by atoms with van der Waals surface area (Å²) in [6, 6.07) is 0. The molecule has 12 atom stereocenters. The molecule has 15 nitrogen and oxygen atoms in total. The third-order valence-electron chi connectivity index (χ3n) is 8.00. The Morgan fingerprint density at radius 1 is 0.696 bits per heavy atom. The summed E-state index contributed by atoms with van der Waals surface area (Å²) >= 11 is 0. The summed E-state index contributed by atoms with van der Waals surface area (Å²) in [7, 11) is 0. The maximum absolute atomic E-state index is 10.3. The zero-order valence-corrected chi connectivity index (χ0v) is 32.8. The van der Waals surface area contributed by atoms with Gasteiger partial charge in [-0.2, -0.15) is 0 Å². The smallest absolute Gasteiger partial charge is 0.547 e. The largest absolute Gasteiger partial charge is 1.00 e.